The molecular formula is C17H15ClFNO4. The average molecular weight is 352 g/mol. The summed E-state index contributed by atoms with van der Waals surface area (Å²) in [7, 11) is 0. The molecule has 0 aliphatic carbocycles. The second-order valence-electron chi connectivity index (χ2n) is 4.71. The lowest BCUT2D eigenvalue weighted by molar-refractivity contribution is -0.118. The van der Waals surface area contributed by atoms with Crippen molar-refractivity contribution in [3.8, 4) is 5.75 Å². The van der Waals surface area contributed by atoms with Crippen molar-refractivity contribution in [2.24, 2.45) is 0 Å². The molecule has 0 unspecified atom stereocenters. The maximum atomic E-state index is 12.8. The first-order valence-electron chi connectivity index (χ1n) is 7.14. The van der Waals surface area contributed by atoms with Crippen molar-refractivity contribution in [1.82, 2.24) is 0 Å². The van der Waals surface area contributed by atoms with Crippen molar-refractivity contribution >= 4 is 29.2 Å². The van der Waals surface area contributed by atoms with Gasteiger partial charge in [-0.2, -0.15) is 0 Å². The molecule has 24 heavy (non-hydrogen) atoms. The molecule has 126 valence electrons. The lowest BCUT2D eigenvalue weighted by Crippen LogP contribution is -2.20. The largest absolute Gasteiger partial charge is 0.484 e. The Morgan fingerprint density at radius 1 is 1.17 bits per heavy atom. The number of anilines is 1. The lowest BCUT2D eigenvalue weighted by atomic mass is 10.2. The van der Waals surface area contributed by atoms with Crippen molar-refractivity contribution in [1.29, 1.82) is 0 Å². The van der Waals surface area contributed by atoms with Gasteiger partial charge in [-0.3, -0.25) is 4.79 Å². The van der Waals surface area contributed by atoms with Crippen molar-refractivity contribution in [3.05, 3.63) is 58.9 Å². The van der Waals surface area contributed by atoms with Gasteiger partial charge in [-0.05, 0) is 49.4 Å². The predicted molar refractivity (Wildman–Crippen MR) is 87.9 cm³/mol. The van der Waals surface area contributed by atoms with Crippen molar-refractivity contribution < 1.29 is 23.5 Å². The third kappa shape index (κ3) is 4.96. The fourth-order valence-corrected chi connectivity index (χ4v) is 2.04. The molecular weight excluding hydrogens is 337 g/mol. The van der Waals surface area contributed by atoms with Crippen LogP contribution in [0, 0.1) is 5.82 Å². The molecule has 0 bridgehead atoms. The molecule has 1 N–H and O–H groups in total. The van der Waals surface area contributed by atoms with E-state index in [1.54, 1.807) is 13.0 Å². The van der Waals surface area contributed by atoms with Crippen molar-refractivity contribution in [2.45, 2.75) is 6.92 Å². The molecule has 0 heterocycles. The molecule has 0 aliphatic heterocycles. The van der Waals surface area contributed by atoms with Crippen LogP contribution in [0.1, 0.15) is 17.3 Å². The highest BCUT2D eigenvalue weighted by Crippen LogP contribution is 2.21. The van der Waals surface area contributed by atoms with Crippen LogP contribution in [0.3, 0.4) is 0 Å². The topological polar surface area (TPSA) is 64.6 Å². The van der Waals surface area contributed by atoms with Gasteiger partial charge in [-0.1, -0.05) is 11.6 Å². The molecule has 0 saturated heterocycles. The predicted octanol–water partition coefficient (Wildman–Crippen LogP) is 3.67. The van der Waals surface area contributed by atoms with Gasteiger partial charge in [0, 0.05) is 5.69 Å². The van der Waals surface area contributed by atoms with E-state index in [1.807, 2.05) is 0 Å². The normalized spacial score (nSPS) is 10.1. The van der Waals surface area contributed by atoms with E-state index >= 15 is 0 Å². The number of ether oxygens (including phenoxy) is 2. The Balaban J connectivity index is 1.97. The first-order chi connectivity index (χ1) is 11.5. The maximum Gasteiger partial charge on any atom is 0.339 e. The van der Waals surface area contributed by atoms with Gasteiger partial charge in [0.05, 0.1) is 17.2 Å². The fourth-order valence-electron chi connectivity index (χ4n) is 1.85. The number of nitrogens with one attached hydrogen (secondary N) is 1. The fraction of sp³-hybridized carbons (Fsp3) is 0.176. The van der Waals surface area contributed by atoms with Gasteiger partial charge in [0.1, 0.15) is 11.6 Å². The van der Waals surface area contributed by atoms with Crippen LogP contribution < -0.4 is 10.1 Å². The summed E-state index contributed by atoms with van der Waals surface area (Å²) in [5.41, 5.74) is 0.547. The molecule has 1 amide bonds. The standard InChI is InChI=1S/C17H15ClFNO4/c1-2-23-17(22)14-9-12(5-8-15(14)18)20-16(21)10-24-13-6-3-11(19)4-7-13/h3-9H,2,10H2,1H3,(H,20,21). The zero-order valence-corrected chi connectivity index (χ0v) is 13.6. The summed E-state index contributed by atoms with van der Waals surface area (Å²) in [5.74, 6) is -1.02. The quantitative estimate of drug-likeness (QED) is 0.806. The number of benzene rings is 2. The third-order valence-electron chi connectivity index (χ3n) is 2.93. The Morgan fingerprint density at radius 3 is 2.54 bits per heavy atom. The summed E-state index contributed by atoms with van der Waals surface area (Å²) < 4.78 is 22.9. The van der Waals surface area contributed by atoms with E-state index in [4.69, 9.17) is 21.1 Å². The summed E-state index contributed by atoms with van der Waals surface area (Å²) in [6, 6.07) is 9.78. The van der Waals surface area contributed by atoms with Crippen LogP contribution in [-0.2, 0) is 9.53 Å². The Bertz CT molecular complexity index is 734. The van der Waals surface area contributed by atoms with Crippen molar-refractivity contribution in [2.75, 3.05) is 18.5 Å². The highest BCUT2D eigenvalue weighted by Gasteiger charge is 2.13. The van der Waals surface area contributed by atoms with Gasteiger partial charge >= 0.3 is 5.97 Å². The van der Waals surface area contributed by atoms with Crippen LogP contribution in [0.15, 0.2) is 42.5 Å². The third-order valence-corrected chi connectivity index (χ3v) is 3.26. The average Bonchev–Trinajstić information content (AvgIpc) is 2.56. The summed E-state index contributed by atoms with van der Waals surface area (Å²) in [4.78, 5) is 23.7. The van der Waals surface area contributed by atoms with Gasteiger partial charge in [0.15, 0.2) is 6.61 Å². The van der Waals surface area contributed by atoms with Crippen LogP contribution >= 0.6 is 11.6 Å². The minimum absolute atomic E-state index is 0.163. The van der Waals surface area contributed by atoms with Gasteiger partial charge in [0.2, 0.25) is 0 Å². The van der Waals surface area contributed by atoms with Crippen LogP contribution in [0.5, 0.6) is 5.75 Å². The molecule has 7 heteroatoms. The van der Waals surface area contributed by atoms with Crippen LogP contribution in [0.25, 0.3) is 0 Å². The minimum atomic E-state index is -0.568. The van der Waals surface area contributed by atoms with E-state index in [-0.39, 0.29) is 29.6 Å². The molecule has 0 spiro atoms. The van der Waals surface area contributed by atoms with Gasteiger partial charge in [0.25, 0.3) is 5.91 Å². The number of halogens is 2. The monoisotopic (exact) mass is 351 g/mol. The Hall–Kier alpha value is -2.60. The highest BCUT2D eigenvalue weighted by atomic mass is 35.5. The van der Waals surface area contributed by atoms with E-state index in [9.17, 15) is 14.0 Å². The smallest absolute Gasteiger partial charge is 0.339 e. The molecule has 2 aromatic carbocycles. The zero-order chi connectivity index (χ0) is 17.5. The summed E-state index contributed by atoms with van der Waals surface area (Å²) in [6.45, 7) is 1.64. The first kappa shape index (κ1) is 17.7. The van der Waals surface area contributed by atoms with E-state index in [0.717, 1.165) is 0 Å². The molecule has 2 rings (SSSR count). The molecule has 0 radical (unpaired) electrons. The summed E-state index contributed by atoms with van der Waals surface area (Å²) in [5, 5.41) is 2.81. The number of rotatable bonds is 6. The van der Waals surface area contributed by atoms with Gasteiger partial charge in [-0.25, -0.2) is 9.18 Å². The molecule has 0 aromatic heterocycles. The molecule has 2 aromatic rings. The number of hydrogen-bond acceptors (Lipinski definition) is 4. The number of carbonyl (C=O) groups excluding carboxylic acids is 2. The van der Waals surface area contributed by atoms with Crippen LogP contribution in [-0.4, -0.2) is 25.1 Å². The first-order valence-corrected chi connectivity index (χ1v) is 7.52. The van der Waals surface area contributed by atoms with Crippen LogP contribution in [0.4, 0.5) is 10.1 Å². The number of carbonyl (C=O) groups is 2. The van der Waals surface area contributed by atoms with E-state index in [1.165, 1.54) is 36.4 Å². The number of hydrogen-bond donors (Lipinski definition) is 1. The molecule has 0 atom stereocenters. The molecule has 0 aliphatic rings. The molecule has 0 saturated carbocycles. The second-order valence-corrected chi connectivity index (χ2v) is 5.11. The molecule has 5 nitrogen and oxygen atoms in total. The number of amides is 1. The Kier molecular flexibility index (Phi) is 6.14. The highest BCUT2D eigenvalue weighted by molar-refractivity contribution is 6.33. The second kappa shape index (κ2) is 8.31. The van der Waals surface area contributed by atoms with Gasteiger partial charge in [-0.15, -0.1) is 0 Å². The molecule has 0 fully saturated rings. The van der Waals surface area contributed by atoms with Crippen molar-refractivity contribution in [3.63, 3.8) is 0 Å². The van der Waals surface area contributed by atoms with Gasteiger partial charge < -0.3 is 14.8 Å². The maximum absolute atomic E-state index is 12.8. The zero-order valence-electron chi connectivity index (χ0n) is 12.8. The summed E-state index contributed by atoms with van der Waals surface area (Å²) in [6.07, 6.45) is 0. The van der Waals surface area contributed by atoms with E-state index in [0.29, 0.717) is 11.4 Å². The van der Waals surface area contributed by atoms with E-state index < -0.39 is 11.9 Å². The number of esters is 1. The van der Waals surface area contributed by atoms with E-state index in [2.05, 4.69) is 5.32 Å². The minimum Gasteiger partial charge on any atom is -0.484 e. The Labute approximate surface area is 143 Å². The summed E-state index contributed by atoms with van der Waals surface area (Å²) >= 11 is 5.95. The Morgan fingerprint density at radius 2 is 1.88 bits per heavy atom. The van der Waals surface area contributed by atoms with Crippen LogP contribution in [0.2, 0.25) is 5.02 Å². The lowest BCUT2D eigenvalue weighted by Gasteiger charge is -2.10. The SMILES string of the molecule is CCOC(=O)c1cc(NC(=O)COc2ccc(F)cc2)ccc1Cl.